The Morgan fingerprint density at radius 3 is 2.92 bits per heavy atom. The number of hydrogen-bond donors (Lipinski definition) is 0. The Bertz CT molecular complexity index is 472. The monoisotopic (exact) mass is 367 g/mol. The molecule has 13 heavy (non-hydrogen) atoms. The van der Waals surface area contributed by atoms with E-state index in [0.717, 1.165) is 24.0 Å². The van der Waals surface area contributed by atoms with E-state index >= 15 is 0 Å². The van der Waals surface area contributed by atoms with Crippen molar-refractivity contribution in [2.75, 3.05) is 0 Å². The van der Waals surface area contributed by atoms with Crippen LogP contribution in [0.1, 0.15) is 0 Å². The number of hydrogen-bond acceptors (Lipinski definition) is 1. The summed E-state index contributed by atoms with van der Waals surface area (Å²) in [7, 11) is 0. The minimum atomic E-state index is 0.740. The van der Waals surface area contributed by atoms with Crippen molar-refractivity contribution in [3.63, 3.8) is 0 Å². The van der Waals surface area contributed by atoms with Crippen LogP contribution in [-0.4, -0.2) is 4.98 Å². The summed E-state index contributed by atoms with van der Waals surface area (Å²) in [4.78, 5) is 4.25. The standard InChI is InChI=1S/C9H4BrClIN/c10-7-4-5(12)3-6-8(11)1-2-13-9(6)7/h1-4H. The zero-order chi connectivity index (χ0) is 9.42. The Labute approximate surface area is 103 Å². The van der Waals surface area contributed by atoms with Gasteiger partial charge in [0.2, 0.25) is 0 Å². The maximum absolute atomic E-state index is 6.04. The zero-order valence-electron chi connectivity index (χ0n) is 6.39. The highest BCUT2D eigenvalue weighted by molar-refractivity contribution is 14.1. The van der Waals surface area contributed by atoms with Gasteiger partial charge in [-0.15, -0.1) is 0 Å². The lowest BCUT2D eigenvalue weighted by atomic mass is 10.2. The van der Waals surface area contributed by atoms with E-state index in [2.05, 4.69) is 43.5 Å². The van der Waals surface area contributed by atoms with Crippen molar-refractivity contribution in [1.82, 2.24) is 4.98 Å². The molecule has 66 valence electrons. The van der Waals surface area contributed by atoms with Crippen LogP contribution >= 0.6 is 50.1 Å². The molecule has 1 aromatic heterocycles. The van der Waals surface area contributed by atoms with Crippen molar-refractivity contribution in [1.29, 1.82) is 0 Å². The summed E-state index contributed by atoms with van der Waals surface area (Å²) in [5.74, 6) is 0. The Hall–Kier alpha value is 0.130. The van der Waals surface area contributed by atoms with Crippen LogP contribution in [0.5, 0.6) is 0 Å². The van der Waals surface area contributed by atoms with Gasteiger partial charge in [-0.2, -0.15) is 0 Å². The van der Waals surface area contributed by atoms with Gasteiger partial charge in [0.1, 0.15) is 0 Å². The molecule has 0 saturated heterocycles. The summed E-state index contributed by atoms with van der Waals surface area (Å²) in [5.41, 5.74) is 0.910. The third kappa shape index (κ3) is 1.82. The predicted octanol–water partition coefficient (Wildman–Crippen LogP) is 4.26. The van der Waals surface area contributed by atoms with Crippen molar-refractivity contribution in [3.8, 4) is 0 Å². The van der Waals surface area contributed by atoms with E-state index < -0.39 is 0 Å². The Kier molecular flexibility index (Phi) is 2.76. The van der Waals surface area contributed by atoms with Gasteiger partial charge in [-0.3, -0.25) is 4.98 Å². The lowest BCUT2D eigenvalue weighted by molar-refractivity contribution is 1.40. The molecular weight excluding hydrogens is 364 g/mol. The molecule has 0 spiro atoms. The SMILES string of the molecule is Clc1ccnc2c(Br)cc(I)cc12. The number of nitrogens with zero attached hydrogens (tertiary/aromatic N) is 1. The molecule has 1 heterocycles. The van der Waals surface area contributed by atoms with E-state index in [1.54, 1.807) is 12.3 Å². The molecule has 0 bridgehead atoms. The molecule has 0 radical (unpaired) electrons. The van der Waals surface area contributed by atoms with Gasteiger partial charge in [-0.25, -0.2) is 0 Å². The highest BCUT2D eigenvalue weighted by Gasteiger charge is 2.04. The van der Waals surface area contributed by atoms with E-state index in [4.69, 9.17) is 11.6 Å². The number of fused-ring (bicyclic) bond motifs is 1. The van der Waals surface area contributed by atoms with Crippen LogP contribution in [-0.2, 0) is 0 Å². The first-order valence-corrected chi connectivity index (χ1v) is 5.83. The first-order valence-electron chi connectivity index (χ1n) is 3.58. The average Bonchev–Trinajstić information content (AvgIpc) is 2.07. The van der Waals surface area contributed by atoms with Crippen molar-refractivity contribution < 1.29 is 0 Å². The molecule has 0 aliphatic heterocycles. The first-order chi connectivity index (χ1) is 6.18. The molecule has 2 rings (SSSR count). The summed E-state index contributed by atoms with van der Waals surface area (Å²) in [6.07, 6.45) is 1.71. The summed E-state index contributed by atoms with van der Waals surface area (Å²) < 4.78 is 2.13. The van der Waals surface area contributed by atoms with Gasteiger partial charge >= 0.3 is 0 Å². The Morgan fingerprint density at radius 2 is 2.15 bits per heavy atom. The van der Waals surface area contributed by atoms with Crippen LogP contribution in [0, 0.1) is 3.57 Å². The molecule has 0 fully saturated rings. The van der Waals surface area contributed by atoms with Gasteiger partial charge in [0.05, 0.1) is 10.5 Å². The third-order valence-electron chi connectivity index (χ3n) is 1.71. The van der Waals surface area contributed by atoms with Gasteiger partial charge in [-0.1, -0.05) is 11.6 Å². The van der Waals surface area contributed by atoms with Crippen molar-refractivity contribution in [2.24, 2.45) is 0 Å². The van der Waals surface area contributed by atoms with Crippen LogP contribution in [0.4, 0.5) is 0 Å². The number of benzene rings is 1. The van der Waals surface area contributed by atoms with E-state index in [0.29, 0.717) is 0 Å². The normalized spacial score (nSPS) is 10.7. The fourth-order valence-electron chi connectivity index (χ4n) is 1.15. The number of pyridine rings is 1. The molecular formula is C9H4BrClIN. The fraction of sp³-hybridized carbons (Fsp3) is 0. The van der Waals surface area contributed by atoms with E-state index in [-0.39, 0.29) is 0 Å². The van der Waals surface area contributed by atoms with Crippen LogP contribution in [0.15, 0.2) is 28.9 Å². The number of halogens is 3. The minimum absolute atomic E-state index is 0.740. The smallest absolute Gasteiger partial charge is 0.0859 e. The minimum Gasteiger partial charge on any atom is -0.255 e. The second-order valence-electron chi connectivity index (χ2n) is 2.58. The van der Waals surface area contributed by atoms with Gasteiger partial charge in [0, 0.05) is 19.6 Å². The number of aromatic nitrogens is 1. The fourth-order valence-corrected chi connectivity index (χ4v) is 2.96. The topological polar surface area (TPSA) is 12.9 Å². The van der Waals surface area contributed by atoms with Gasteiger partial charge < -0.3 is 0 Å². The van der Waals surface area contributed by atoms with Crippen LogP contribution in [0.25, 0.3) is 10.9 Å². The molecule has 1 nitrogen and oxygen atoms in total. The van der Waals surface area contributed by atoms with Crippen molar-refractivity contribution >= 4 is 61.0 Å². The molecule has 0 N–H and O–H groups in total. The van der Waals surface area contributed by atoms with Crippen molar-refractivity contribution in [2.45, 2.75) is 0 Å². The second-order valence-corrected chi connectivity index (χ2v) is 5.08. The van der Waals surface area contributed by atoms with Crippen molar-refractivity contribution in [3.05, 3.63) is 37.5 Å². The molecule has 0 unspecified atom stereocenters. The van der Waals surface area contributed by atoms with Crippen LogP contribution < -0.4 is 0 Å². The molecule has 0 aliphatic carbocycles. The van der Waals surface area contributed by atoms with Gasteiger partial charge in [0.15, 0.2) is 0 Å². The highest BCUT2D eigenvalue weighted by Crippen LogP contribution is 2.29. The molecule has 0 amide bonds. The first kappa shape index (κ1) is 9.68. The summed E-state index contributed by atoms with van der Waals surface area (Å²) in [6.45, 7) is 0. The maximum atomic E-state index is 6.04. The summed E-state index contributed by atoms with van der Waals surface area (Å²) in [5, 5.41) is 1.73. The molecule has 2 aromatic rings. The largest absolute Gasteiger partial charge is 0.255 e. The lowest BCUT2D eigenvalue weighted by Gasteiger charge is -2.02. The maximum Gasteiger partial charge on any atom is 0.0859 e. The average molecular weight is 368 g/mol. The van der Waals surface area contributed by atoms with E-state index in [1.807, 2.05) is 12.1 Å². The third-order valence-corrected chi connectivity index (χ3v) is 3.27. The quantitative estimate of drug-likeness (QED) is 0.634. The number of rotatable bonds is 0. The molecule has 1 aromatic carbocycles. The summed E-state index contributed by atoms with van der Waals surface area (Å²) in [6, 6.07) is 5.84. The van der Waals surface area contributed by atoms with Gasteiger partial charge in [-0.05, 0) is 56.7 Å². The Balaban J connectivity index is 2.94. The van der Waals surface area contributed by atoms with E-state index in [1.165, 1.54) is 0 Å². The van der Waals surface area contributed by atoms with Crippen LogP contribution in [0.2, 0.25) is 5.02 Å². The lowest BCUT2D eigenvalue weighted by Crippen LogP contribution is -1.82. The zero-order valence-corrected chi connectivity index (χ0v) is 10.9. The second kappa shape index (κ2) is 3.71. The Morgan fingerprint density at radius 1 is 1.38 bits per heavy atom. The predicted molar refractivity (Wildman–Crippen MR) is 67.2 cm³/mol. The molecule has 0 saturated carbocycles. The summed E-state index contributed by atoms with van der Waals surface area (Å²) >= 11 is 11.7. The molecule has 0 aliphatic rings. The molecule has 0 atom stereocenters. The van der Waals surface area contributed by atoms with Crippen LogP contribution in [0.3, 0.4) is 0 Å². The van der Waals surface area contributed by atoms with Gasteiger partial charge in [0.25, 0.3) is 0 Å². The highest BCUT2D eigenvalue weighted by atomic mass is 127. The van der Waals surface area contributed by atoms with E-state index in [9.17, 15) is 0 Å². The molecule has 4 heteroatoms.